The van der Waals surface area contributed by atoms with Crippen molar-refractivity contribution in [3.8, 4) is 33.8 Å². The molecule has 3 aliphatic rings. The van der Waals surface area contributed by atoms with Crippen LogP contribution in [0.5, 0.6) is 11.5 Å². The first-order chi connectivity index (χ1) is 27.5. The van der Waals surface area contributed by atoms with Gasteiger partial charge in [-0.05, 0) is 66.3 Å². The molecule has 0 bridgehead atoms. The van der Waals surface area contributed by atoms with Crippen LogP contribution in [0.4, 0.5) is 10.2 Å². The number of hydrogen-bond donors (Lipinski definition) is 1. The van der Waals surface area contributed by atoms with E-state index in [4.69, 9.17) is 9.47 Å². The van der Waals surface area contributed by atoms with Gasteiger partial charge in [-0.25, -0.2) is 14.2 Å². The molecular formula is C43H42FN7O6. The standard InChI is InChI=1S/C43H42FN7O6/c1-47-21-30(28-19-38(50-12-6-13-50)45-20-29(28)42(47)54)26-17-36(56-3)32(37(18-26)57-4)23-49-14-11-24-15-25(16-33(44)31(24)22-49)27-7-5-8-34-40(27)48(2)43(55)51(34)35-9-10-39(52)46-41(35)53/h5,7-8,15-21,35H,6,9-14,22-23H2,1-4H3,(H,46,52,53). The molecule has 0 radical (unpaired) electrons. The molecule has 2 fully saturated rings. The molecule has 1 unspecified atom stereocenters. The molecule has 2 saturated heterocycles. The average Bonchev–Trinajstić information content (AvgIpc) is 3.44. The highest BCUT2D eigenvalue weighted by Gasteiger charge is 2.32. The number of ether oxygens (including phenoxy) is 2. The van der Waals surface area contributed by atoms with E-state index in [1.54, 1.807) is 51.2 Å². The van der Waals surface area contributed by atoms with E-state index in [1.165, 1.54) is 15.2 Å². The normalized spacial score (nSPS) is 17.1. The zero-order valence-electron chi connectivity index (χ0n) is 32.2. The van der Waals surface area contributed by atoms with Gasteiger partial charge in [0.05, 0.1) is 36.2 Å². The third-order valence-electron chi connectivity index (χ3n) is 11.8. The van der Waals surface area contributed by atoms with E-state index in [9.17, 15) is 19.2 Å². The van der Waals surface area contributed by atoms with Gasteiger partial charge >= 0.3 is 5.69 Å². The second-order valence-corrected chi connectivity index (χ2v) is 15.2. The number of amides is 2. The Morgan fingerprint density at radius 2 is 1.65 bits per heavy atom. The van der Waals surface area contributed by atoms with Crippen molar-refractivity contribution in [3.63, 3.8) is 0 Å². The second-order valence-electron chi connectivity index (χ2n) is 15.2. The number of fused-ring (bicyclic) bond motifs is 3. The number of aryl methyl sites for hydroxylation is 2. The third-order valence-corrected chi connectivity index (χ3v) is 11.8. The SMILES string of the molecule is COc1cc(-c2cn(C)c(=O)c3cnc(N4CCC4)cc23)cc(OC)c1CN1CCc2cc(-c3cccc4c3n(C)c(=O)n4C3CCC(=O)NC3=O)cc(F)c2C1. The van der Waals surface area contributed by atoms with Gasteiger partial charge in [-0.2, -0.15) is 0 Å². The van der Waals surface area contributed by atoms with Crippen LogP contribution in [0, 0.1) is 5.82 Å². The first kappa shape index (κ1) is 36.4. The molecule has 1 atom stereocenters. The van der Waals surface area contributed by atoms with Crippen molar-refractivity contribution in [2.24, 2.45) is 14.1 Å². The highest BCUT2D eigenvalue weighted by molar-refractivity contribution is 6.01. The lowest BCUT2D eigenvalue weighted by Gasteiger charge is -2.32. The fourth-order valence-corrected chi connectivity index (χ4v) is 8.68. The van der Waals surface area contributed by atoms with Crippen LogP contribution in [-0.4, -0.2) is 69.3 Å². The van der Waals surface area contributed by atoms with Gasteiger partial charge in [-0.15, -0.1) is 0 Å². The first-order valence-electron chi connectivity index (χ1n) is 19.1. The summed E-state index contributed by atoms with van der Waals surface area (Å²) in [6.07, 6.45) is 5.57. The van der Waals surface area contributed by atoms with Crippen LogP contribution in [0.3, 0.4) is 0 Å². The Hall–Kier alpha value is -6.28. The Bertz CT molecular complexity index is 2760. The van der Waals surface area contributed by atoms with Crippen LogP contribution < -0.4 is 30.9 Å². The number of anilines is 1. The zero-order chi connectivity index (χ0) is 39.7. The second kappa shape index (κ2) is 14.0. The summed E-state index contributed by atoms with van der Waals surface area (Å²) in [5.41, 5.74) is 5.95. The summed E-state index contributed by atoms with van der Waals surface area (Å²) >= 11 is 0. The smallest absolute Gasteiger partial charge is 0.329 e. The number of halogens is 1. The number of para-hydroxylation sites is 1. The van der Waals surface area contributed by atoms with Gasteiger partial charge in [-0.1, -0.05) is 18.2 Å². The molecule has 9 rings (SSSR count). The number of nitrogens with zero attached hydrogens (tertiary/aromatic N) is 6. The highest BCUT2D eigenvalue weighted by Crippen LogP contribution is 2.40. The van der Waals surface area contributed by atoms with E-state index in [2.05, 4.69) is 20.1 Å². The highest BCUT2D eigenvalue weighted by atomic mass is 19.1. The fraction of sp³-hybridized carbons (Fsp3) is 0.326. The number of imide groups is 1. The van der Waals surface area contributed by atoms with Crippen molar-refractivity contribution in [1.82, 2.24) is 28.9 Å². The number of carbonyl (C=O) groups is 2. The van der Waals surface area contributed by atoms with Gasteiger partial charge in [-0.3, -0.25) is 33.7 Å². The first-order valence-corrected chi connectivity index (χ1v) is 19.1. The molecule has 292 valence electrons. The number of nitrogens with one attached hydrogen (secondary N) is 1. The van der Waals surface area contributed by atoms with Crippen LogP contribution in [-0.2, 0) is 43.2 Å². The van der Waals surface area contributed by atoms with Gasteiger partial charge in [0.25, 0.3) is 5.56 Å². The van der Waals surface area contributed by atoms with Crippen molar-refractivity contribution in [1.29, 1.82) is 0 Å². The summed E-state index contributed by atoms with van der Waals surface area (Å²) in [4.78, 5) is 60.2. The molecule has 0 aliphatic carbocycles. The van der Waals surface area contributed by atoms with E-state index >= 15 is 4.39 Å². The van der Waals surface area contributed by atoms with Gasteiger partial charge in [0.15, 0.2) is 0 Å². The zero-order valence-corrected chi connectivity index (χ0v) is 32.2. The summed E-state index contributed by atoms with van der Waals surface area (Å²) in [6, 6.07) is 14.0. The Morgan fingerprint density at radius 1 is 0.895 bits per heavy atom. The van der Waals surface area contributed by atoms with Crippen LogP contribution in [0.1, 0.15) is 42.0 Å². The van der Waals surface area contributed by atoms with E-state index in [0.29, 0.717) is 70.7 Å². The molecule has 0 spiro atoms. The minimum atomic E-state index is -0.817. The molecule has 57 heavy (non-hydrogen) atoms. The molecule has 6 heterocycles. The minimum absolute atomic E-state index is 0.122. The van der Waals surface area contributed by atoms with E-state index in [0.717, 1.165) is 53.0 Å². The Labute approximate surface area is 326 Å². The quantitative estimate of drug-likeness (QED) is 0.216. The van der Waals surface area contributed by atoms with Gasteiger partial charge in [0, 0.05) is 87.7 Å². The summed E-state index contributed by atoms with van der Waals surface area (Å²) in [5.74, 6) is 0.872. The predicted octanol–water partition coefficient (Wildman–Crippen LogP) is 4.82. The third kappa shape index (κ3) is 6.06. The number of carbonyl (C=O) groups excluding carboxylic acids is 2. The monoisotopic (exact) mass is 771 g/mol. The number of rotatable bonds is 8. The fourth-order valence-electron chi connectivity index (χ4n) is 8.68. The number of imidazole rings is 1. The van der Waals surface area contributed by atoms with Crippen molar-refractivity contribution < 1.29 is 23.5 Å². The van der Waals surface area contributed by atoms with E-state index in [1.807, 2.05) is 36.5 Å². The molecule has 1 N–H and O–H groups in total. The summed E-state index contributed by atoms with van der Waals surface area (Å²) in [5, 5.41) is 3.68. The predicted molar refractivity (Wildman–Crippen MR) is 214 cm³/mol. The lowest BCUT2D eigenvalue weighted by Crippen LogP contribution is -2.44. The maximum atomic E-state index is 16.3. The molecular weight excluding hydrogens is 730 g/mol. The molecule has 3 aromatic heterocycles. The minimum Gasteiger partial charge on any atom is -0.496 e. The molecule has 3 aromatic carbocycles. The van der Waals surface area contributed by atoms with Crippen LogP contribution in [0.25, 0.3) is 44.1 Å². The number of methoxy groups -OCH3 is 2. The number of hydrogen-bond acceptors (Lipinski definition) is 9. The summed E-state index contributed by atoms with van der Waals surface area (Å²) in [6.45, 7) is 3.32. The number of piperidine rings is 1. The topological polar surface area (TPSA) is 133 Å². The Morgan fingerprint density at radius 3 is 2.35 bits per heavy atom. The summed E-state index contributed by atoms with van der Waals surface area (Å²) < 4.78 is 32.7. The molecule has 2 amide bonds. The molecule has 6 aromatic rings. The van der Waals surface area contributed by atoms with E-state index < -0.39 is 11.9 Å². The average molecular weight is 772 g/mol. The van der Waals surface area contributed by atoms with E-state index in [-0.39, 0.29) is 35.8 Å². The van der Waals surface area contributed by atoms with Crippen molar-refractivity contribution in [3.05, 3.63) is 104 Å². The molecule has 0 saturated carbocycles. The number of pyridine rings is 2. The van der Waals surface area contributed by atoms with Crippen LogP contribution in [0.15, 0.2) is 70.5 Å². The van der Waals surface area contributed by atoms with Gasteiger partial charge in [0.1, 0.15) is 29.2 Å². The largest absolute Gasteiger partial charge is 0.496 e. The molecule has 13 nitrogen and oxygen atoms in total. The molecule has 14 heteroatoms. The van der Waals surface area contributed by atoms with Crippen molar-refractivity contribution in [2.45, 2.75) is 44.8 Å². The lowest BCUT2D eigenvalue weighted by atomic mass is 9.93. The van der Waals surface area contributed by atoms with Crippen LogP contribution in [0.2, 0.25) is 0 Å². The van der Waals surface area contributed by atoms with Crippen LogP contribution >= 0.6 is 0 Å². The van der Waals surface area contributed by atoms with Crippen molar-refractivity contribution in [2.75, 3.05) is 38.8 Å². The Kier molecular flexibility index (Phi) is 8.95. The number of benzene rings is 3. The lowest BCUT2D eigenvalue weighted by molar-refractivity contribution is -0.135. The molecule has 3 aliphatic heterocycles. The van der Waals surface area contributed by atoms with Gasteiger partial charge in [0.2, 0.25) is 11.8 Å². The van der Waals surface area contributed by atoms with Crippen molar-refractivity contribution >= 4 is 39.4 Å². The maximum Gasteiger partial charge on any atom is 0.329 e. The summed E-state index contributed by atoms with van der Waals surface area (Å²) in [7, 11) is 6.62. The van der Waals surface area contributed by atoms with Gasteiger partial charge < -0.3 is 18.9 Å². The number of aromatic nitrogens is 4. The Balaban J connectivity index is 1.02. The maximum absolute atomic E-state index is 16.3.